The summed E-state index contributed by atoms with van der Waals surface area (Å²) in [6, 6.07) is 9.70. The first-order valence-corrected chi connectivity index (χ1v) is 9.02. The first-order chi connectivity index (χ1) is 13.8. The first kappa shape index (κ1) is 22.3. The Balaban J connectivity index is 2.17. The molecule has 2 aromatic carbocycles. The quantitative estimate of drug-likeness (QED) is 0.318. The van der Waals surface area contributed by atoms with Crippen LogP contribution in [-0.2, 0) is 11.4 Å². The lowest BCUT2D eigenvalue weighted by Gasteiger charge is -2.15. The highest BCUT2D eigenvalue weighted by Gasteiger charge is 2.37. The molecule has 0 bridgehead atoms. The smallest absolute Gasteiger partial charge is 0.437 e. The number of aryl methyl sites for hydroxylation is 2. The number of hydrogen-bond acceptors (Lipinski definition) is 4. The Morgan fingerprint density at radius 3 is 2.34 bits per heavy atom. The molecular weight excluding hydrogens is 383 g/mol. The molecular formula is C22H24F3NO3. The van der Waals surface area contributed by atoms with Crippen LogP contribution >= 0.6 is 0 Å². The molecule has 0 heterocycles. The molecule has 0 aliphatic rings. The molecule has 0 saturated carbocycles. The van der Waals surface area contributed by atoms with Crippen LogP contribution in [0.5, 0.6) is 11.5 Å². The van der Waals surface area contributed by atoms with E-state index in [-0.39, 0.29) is 12.2 Å². The van der Waals surface area contributed by atoms with E-state index in [0.717, 1.165) is 24.0 Å². The van der Waals surface area contributed by atoms with E-state index in [1.807, 2.05) is 45.1 Å². The predicted molar refractivity (Wildman–Crippen MR) is 107 cm³/mol. The van der Waals surface area contributed by atoms with E-state index in [1.54, 1.807) is 6.07 Å². The van der Waals surface area contributed by atoms with Crippen molar-refractivity contribution in [2.24, 2.45) is 5.16 Å². The number of allylic oxidation sites excluding steroid dienone is 1. The van der Waals surface area contributed by atoms with Crippen molar-refractivity contribution in [1.29, 1.82) is 0 Å². The highest BCUT2D eigenvalue weighted by Crippen LogP contribution is 2.29. The van der Waals surface area contributed by atoms with Crippen molar-refractivity contribution in [3.63, 3.8) is 0 Å². The monoisotopic (exact) mass is 407 g/mol. The minimum absolute atomic E-state index is 0.0818. The van der Waals surface area contributed by atoms with Crippen molar-refractivity contribution in [1.82, 2.24) is 0 Å². The number of ether oxygens (including phenoxy) is 2. The largest absolute Gasteiger partial charge is 0.490 e. The van der Waals surface area contributed by atoms with Gasteiger partial charge in [-0.25, -0.2) is 0 Å². The molecule has 0 spiro atoms. The molecule has 0 N–H and O–H groups in total. The van der Waals surface area contributed by atoms with E-state index < -0.39 is 11.9 Å². The summed E-state index contributed by atoms with van der Waals surface area (Å²) in [5.74, 6) is 1.41. The van der Waals surface area contributed by atoms with Crippen LogP contribution in [0.15, 0.2) is 53.7 Å². The number of oxime groups is 1. The van der Waals surface area contributed by atoms with Gasteiger partial charge in [0.15, 0.2) is 5.71 Å². The zero-order valence-corrected chi connectivity index (χ0v) is 16.8. The van der Waals surface area contributed by atoms with Gasteiger partial charge in [-0.3, -0.25) is 0 Å². The molecule has 0 unspecified atom stereocenters. The van der Waals surface area contributed by atoms with E-state index in [9.17, 15) is 13.2 Å². The van der Waals surface area contributed by atoms with Crippen molar-refractivity contribution in [3.8, 4) is 11.5 Å². The van der Waals surface area contributed by atoms with Crippen LogP contribution in [0, 0.1) is 13.8 Å². The van der Waals surface area contributed by atoms with Crippen molar-refractivity contribution in [3.05, 3.63) is 70.8 Å². The SMILES string of the molecule is C/C=C/COc1cc(C)c(OCc2cccc(C(=NOC)C(F)(F)F)c2)c(C)c1. The molecule has 0 fully saturated rings. The number of benzene rings is 2. The summed E-state index contributed by atoms with van der Waals surface area (Å²) in [5, 5.41) is 3.13. The highest BCUT2D eigenvalue weighted by atomic mass is 19.4. The van der Waals surface area contributed by atoms with Gasteiger partial charge in [0.2, 0.25) is 0 Å². The third kappa shape index (κ3) is 6.27. The van der Waals surface area contributed by atoms with Crippen LogP contribution in [0.4, 0.5) is 13.2 Å². The molecule has 0 radical (unpaired) electrons. The third-order valence-corrected chi connectivity index (χ3v) is 4.05. The summed E-state index contributed by atoms with van der Waals surface area (Å²) < 4.78 is 51.1. The number of halogens is 3. The summed E-state index contributed by atoms with van der Waals surface area (Å²) in [6.07, 6.45) is -0.803. The van der Waals surface area contributed by atoms with Crippen LogP contribution in [0.3, 0.4) is 0 Å². The van der Waals surface area contributed by atoms with Crippen molar-refractivity contribution >= 4 is 5.71 Å². The normalized spacial score (nSPS) is 12.3. The van der Waals surface area contributed by atoms with Gasteiger partial charge in [-0.2, -0.15) is 13.2 Å². The predicted octanol–water partition coefficient (Wildman–Crippen LogP) is 5.75. The van der Waals surface area contributed by atoms with Gasteiger partial charge in [-0.15, -0.1) is 0 Å². The number of alkyl halides is 3. The van der Waals surface area contributed by atoms with Gasteiger partial charge in [-0.05, 0) is 55.7 Å². The first-order valence-electron chi connectivity index (χ1n) is 9.02. The van der Waals surface area contributed by atoms with E-state index in [2.05, 4.69) is 9.99 Å². The van der Waals surface area contributed by atoms with Crippen molar-refractivity contribution in [2.45, 2.75) is 33.6 Å². The lowest BCUT2D eigenvalue weighted by molar-refractivity contribution is -0.0608. The van der Waals surface area contributed by atoms with Crippen molar-refractivity contribution < 1.29 is 27.5 Å². The number of hydrogen-bond donors (Lipinski definition) is 0. The molecule has 7 heteroatoms. The van der Waals surface area contributed by atoms with E-state index >= 15 is 0 Å². The van der Waals surface area contributed by atoms with Gasteiger partial charge in [0.05, 0.1) is 0 Å². The van der Waals surface area contributed by atoms with Crippen molar-refractivity contribution in [2.75, 3.05) is 13.7 Å². The molecule has 4 nitrogen and oxygen atoms in total. The lowest BCUT2D eigenvalue weighted by Crippen LogP contribution is -2.24. The van der Waals surface area contributed by atoms with Gasteiger partial charge in [0.25, 0.3) is 0 Å². The lowest BCUT2D eigenvalue weighted by atomic mass is 10.1. The highest BCUT2D eigenvalue weighted by molar-refractivity contribution is 6.04. The van der Waals surface area contributed by atoms with E-state index in [4.69, 9.17) is 9.47 Å². The molecule has 156 valence electrons. The molecule has 29 heavy (non-hydrogen) atoms. The van der Waals surface area contributed by atoms with Gasteiger partial charge >= 0.3 is 6.18 Å². The minimum Gasteiger partial charge on any atom is -0.490 e. The molecule has 0 aliphatic heterocycles. The standard InChI is InChI=1S/C22H24F3NO3/c1-5-6-10-28-19-11-15(2)20(16(3)12-19)29-14-17-8-7-9-18(13-17)21(26-27-4)22(23,24)25/h5-9,11-13H,10,14H2,1-4H3/b6-5+,26-21?. The Bertz CT molecular complexity index is 866. The second kappa shape index (κ2) is 10.0. The second-order valence-corrected chi connectivity index (χ2v) is 6.38. The molecule has 0 saturated heterocycles. The molecule has 0 amide bonds. The Morgan fingerprint density at radius 2 is 1.76 bits per heavy atom. The second-order valence-electron chi connectivity index (χ2n) is 6.38. The Labute approximate surface area is 168 Å². The zero-order chi connectivity index (χ0) is 21.4. The molecule has 0 atom stereocenters. The average molecular weight is 407 g/mol. The van der Waals surface area contributed by atoms with Crippen LogP contribution in [0.2, 0.25) is 0 Å². The molecule has 2 aromatic rings. The summed E-state index contributed by atoms with van der Waals surface area (Å²) in [6.45, 7) is 6.31. The number of nitrogens with zero attached hydrogens (tertiary/aromatic N) is 1. The maximum atomic E-state index is 13.2. The summed E-state index contributed by atoms with van der Waals surface area (Å²) in [5.41, 5.74) is 1.18. The van der Waals surface area contributed by atoms with E-state index in [0.29, 0.717) is 17.9 Å². The fraction of sp³-hybridized carbons (Fsp3) is 0.318. The van der Waals surface area contributed by atoms with Crippen LogP contribution in [0.1, 0.15) is 29.2 Å². The zero-order valence-electron chi connectivity index (χ0n) is 16.8. The topological polar surface area (TPSA) is 40.0 Å². The van der Waals surface area contributed by atoms with Crippen LogP contribution in [-0.4, -0.2) is 25.6 Å². The maximum Gasteiger partial charge on any atom is 0.437 e. The molecule has 0 aromatic heterocycles. The Kier molecular flexibility index (Phi) is 7.70. The Morgan fingerprint density at radius 1 is 1.07 bits per heavy atom. The van der Waals surface area contributed by atoms with Crippen LogP contribution < -0.4 is 9.47 Å². The summed E-state index contributed by atoms with van der Waals surface area (Å²) in [4.78, 5) is 4.35. The van der Waals surface area contributed by atoms with E-state index in [1.165, 1.54) is 18.2 Å². The molecule has 2 rings (SSSR count). The van der Waals surface area contributed by atoms with Gasteiger partial charge < -0.3 is 14.3 Å². The minimum atomic E-state index is -4.62. The summed E-state index contributed by atoms with van der Waals surface area (Å²) in [7, 11) is 1.08. The van der Waals surface area contributed by atoms with Gasteiger partial charge in [0, 0.05) is 5.56 Å². The van der Waals surface area contributed by atoms with Gasteiger partial charge in [0.1, 0.15) is 31.8 Å². The third-order valence-electron chi connectivity index (χ3n) is 4.05. The fourth-order valence-electron chi connectivity index (χ4n) is 2.79. The van der Waals surface area contributed by atoms with Crippen LogP contribution in [0.25, 0.3) is 0 Å². The Hall–Kier alpha value is -2.96. The average Bonchev–Trinajstić information content (AvgIpc) is 2.65. The number of rotatable bonds is 8. The maximum absolute atomic E-state index is 13.2. The molecule has 0 aliphatic carbocycles. The van der Waals surface area contributed by atoms with Gasteiger partial charge in [-0.1, -0.05) is 35.5 Å². The fourth-order valence-corrected chi connectivity index (χ4v) is 2.79. The summed E-state index contributed by atoms with van der Waals surface area (Å²) >= 11 is 0.